The first-order valence-corrected chi connectivity index (χ1v) is 7.24. The second kappa shape index (κ2) is 7.57. The highest BCUT2D eigenvalue weighted by Crippen LogP contribution is 2.17. The molecule has 20 heavy (non-hydrogen) atoms. The van der Waals surface area contributed by atoms with Crippen molar-refractivity contribution in [3.63, 3.8) is 0 Å². The Hall–Kier alpha value is -1.98. The highest BCUT2D eigenvalue weighted by atomic mass is 16.2. The van der Waals surface area contributed by atoms with Crippen LogP contribution >= 0.6 is 0 Å². The van der Waals surface area contributed by atoms with E-state index in [-0.39, 0.29) is 6.03 Å². The van der Waals surface area contributed by atoms with Gasteiger partial charge in [0.1, 0.15) is 5.82 Å². The van der Waals surface area contributed by atoms with Crippen molar-refractivity contribution in [2.45, 2.75) is 38.1 Å². The molecule has 6 nitrogen and oxygen atoms in total. The largest absolute Gasteiger partial charge is 0.384 e. The fourth-order valence-electron chi connectivity index (χ4n) is 2.38. The van der Waals surface area contributed by atoms with Crippen molar-refractivity contribution in [2.75, 3.05) is 24.1 Å². The van der Waals surface area contributed by atoms with E-state index in [0.717, 1.165) is 18.5 Å². The molecule has 1 aliphatic carbocycles. The Morgan fingerprint density at radius 3 is 2.75 bits per heavy atom. The molecule has 0 radical (unpaired) electrons. The van der Waals surface area contributed by atoms with Crippen molar-refractivity contribution in [1.82, 2.24) is 15.6 Å². The van der Waals surface area contributed by atoms with Gasteiger partial charge in [0, 0.05) is 19.1 Å². The summed E-state index contributed by atoms with van der Waals surface area (Å²) in [5.74, 6) is 0.500. The van der Waals surface area contributed by atoms with E-state index < -0.39 is 0 Å². The number of rotatable bonds is 5. The Labute approximate surface area is 119 Å². The molecule has 1 aromatic heterocycles. The van der Waals surface area contributed by atoms with Crippen LogP contribution in [-0.2, 0) is 0 Å². The minimum absolute atomic E-state index is 0.0749. The number of hydrogen-bond donors (Lipinski definition) is 4. The summed E-state index contributed by atoms with van der Waals surface area (Å²) in [6, 6.07) is 3.88. The molecule has 0 aromatic carbocycles. The number of aromatic nitrogens is 1. The maximum Gasteiger partial charge on any atom is 0.315 e. The van der Waals surface area contributed by atoms with Crippen LogP contribution in [0.4, 0.5) is 16.3 Å². The molecular formula is C14H23N5O. The number of anilines is 2. The van der Waals surface area contributed by atoms with E-state index in [1.165, 1.54) is 19.3 Å². The maximum atomic E-state index is 11.7. The molecule has 2 rings (SSSR count). The normalized spacial score (nSPS) is 15.6. The van der Waals surface area contributed by atoms with Gasteiger partial charge in [0.25, 0.3) is 0 Å². The first-order chi connectivity index (χ1) is 9.74. The van der Waals surface area contributed by atoms with Crippen LogP contribution < -0.4 is 21.7 Å². The lowest BCUT2D eigenvalue weighted by atomic mass is 9.96. The van der Waals surface area contributed by atoms with Crippen LogP contribution in [0.15, 0.2) is 18.3 Å². The molecule has 0 aliphatic heterocycles. The molecule has 2 amide bonds. The highest BCUT2D eigenvalue weighted by molar-refractivity contribution is 5.74. The van der Waals surface area contributed by atoms with E-state index in [4.69, 9.17) is 5.73 Å². The number of carbonyl (C=O) groups is 1. The first-order valence-electron chi connectivity index (χ1n) is 7.24. The lowest BCUT2D eigenvalue weighted by Crippen LogP contribution is -2.44. The van der Waals surface area contributed by atoms with Crippen molar-refractivity contribution in [2.24, 2.45) is 0 Å². The molecule has 0 atom stereocenters. The molecule has 1 aromatic rings. The molecule has 6 heteroatoms. The quantitative estimate of drug-likeness (QED) is 0.616. The van der Waals surface area contributed by atoms with Crippen molar-refractivity contribution < 1.29 is 4.79 Å². The molecule has 5 N–H and O–H groups in total. The monoisotopic (exact) mass is 277 g/mol. The minimum atomic E-state index is -0.0749. The molecule has 1 aliphatic rings. The maximum absolute atomic E-state index is 11.7. The predicted molar refractivity (Wildman–Crippen MR) is 80.5 cm³/mol. The van der Waals surface area contributed by atoms with Crippen LogP contribution in [0.2, 0.25) is 0 Å². The van der Waals surface area contributed by atoms with Crippen LogP contribution in [0.25, 0.3) is 0 Å². The average molecular weight is 277 g/mol. The minimum Gasteiger partial charge on any atom is -0.384 e. The lowest BCUT2D eigenvalue weighted by molar-refractivity contribution is 0.233. The summed E-state index contributed by atoms with van der Waals surface area (Å²) < 4.78 is 0. The van der Waals surface area contributed by atoms with Crippen LogP contribution in [0.5, 0.6) is 0 Å². The Morgan fingerprint density at radius 2 is 2.05 bits per heavy atom. The third-order valence-electron chi connectivity index (χ3n) is 3.47. The summed E-state index contributed by atoms with van der Waals surface area (Å²) in [5.41, 5.74) is 6.40. The first kappa shape index (κ1) is 14.4. The number of pyridine rings is 1. The van der Waals surface area contributed by atoms with Gasteiger partial charge in [-0.1, -0.05) is 19.3 Å². The van der Waals surface area contributed by atoms with E-state index in [1.807, 2.05) is 6.07 Å². The number of nitrogen functional groups attached to an aromatic ring is 1. The van der Waals surface area contributed by atoms with Crippen LogP contribution in [-0.4, -0.2) is 30.1 Å². The zero-order valence-corrected chi connectivity index (χ0v) is 11.7. The van der Waals surface area contributed by atoms with E-state index in [1.54, 1.807) is 12.3 Å². The summed E-state index contributed by atoms with van der Waals surface area (Å²) >= 11 is 0. The van der Waals surface area contributed by atoms with Gasteiger partial charge in [0.15, 0.2) is 0 Å². The number of amides is 2. The Kier molecular flexibility index (Phi) is 5.46. The summed E-state index contributed by atoms with van der Waals surface area (Å²) in [6.45, 7) is 1.23. The van der Waals surface area contributed by atoms with Gasteiger partial charge in [-0.3, -0.25) is 0 Å². The van der Waals surface area contributed by atoms with Gasteiger partial charge in [0.05, 0.1) is 11.9 Å². The Morgan fingerprint density at radius 1 is 1.25 bits per heavy atom. The van der Waals surface area contributed by atoms with Gasteiger partial charge in [-0.15, -0.1) is 0 Å². The summed E-state index contributed by atoms with van der Waals surface area (Å²) in [6.07, 6.45) is 7.61. The van der Waals surface area contributed by atoms with Crippen molar-refractivity contribution >= 4 is 17.5 Å². The zero-order valence-electron chi connectivity index (χ0n) is 11.7. The number of nitrogens with two attached hydrogens (primary N) is 1. The van der Waals surface area contributed by atoms with E-state index in [9.17, 15) is 4.79 Å². The van der Waals surface area contributed by atoms with Gasteiger partial charge in [0.2, 0.25) is 0 Å². The Balaban J connectivity index is 1.58. The van der Waals surface area contributed by atoms with Crippen molar-refractivity contribution in [1.29, 1.82) is 0 Å². The topological polar surface area (TPSA) is 92.1 Å². The van der Waals surface area contributed by atoms with Crippen LogP contribution in [0.3, 0.4) is 0 Å². The van der Waals surface area contributed by atoms with Gasteiger partial charge >= 0.3 is 6.03 Å². The number of urea groups is 1. The SMILES string of the molecule is Nc1ccc(NCCNC(=O)NC2CCCCC2)cn1. The third-order valence-corrected chi connectivity index (χ3v) is 3.47. The van der Waals surface area contributed by atoms with Crippen LogP contribution in [0.1, 0.15) is 32.1 Å². The van der Waals surface area contributed by atoms with Crippen molar-refractivity contribution in [3.8, 4) is 0 Å². The smallest absolute Gasteiger partial charge is 0.315 e. The molecule has 1 heterocycles. The highest BCUT2D eigenvalue weighted by Gasteiger charge is 2.14. The third kappa shape index (κ3) is 4.95. The molecule has 1 fully saturated rings. The fraction of sp³-hybridized carbons (Fsp3) is 0.571. The second-order valence-electron chi connectivity index (χ2n) is 5.13. The predicted octanol–water partition coefficient (Wildman–Crippen LogP) is 1.71. The van der Waals surface area contributed by atoms with Crippen LogP contribution in [0, 0.1) is 0 Å². The second-order valence-corrected chi connectivity index (χ2v) is 5.13. The van der Waals surface area contributed by atoms with Gasteiger partial charge in [-0.05, 0) is 25.0 Å². The zero-order chi connectivity index (χ0) is 14.2. The van der Waals surface area contributed by atoms with Gasteiger partial charge in [-0.25, -0.2) is 9.78 Å². The molecular weight excluding hydrogens is 254 g/mol. The summed E-state index contributed by atoms with van der Waals surface area (Å²) in [7, 11) is 0. The average Bonchev–Trinajstić information content (AvgIpc) is 2.46. The number of nitrogens with zero attached hydrogens (tertiary/aromatic N) is 1. The van der Waals surface area contributed by atoms with Crippen molar-refractivity contribution in [3.05, 3.63) is 18.3 Å². The van der Waals surface area contributed by atoms with E-state index in [2.05, 4.69) is 20.9 Å². The molecule has 0 unspecified atom stereocenters. The van der Waals surface area contributed by atoms with Gasteiger partial charge < -0.3 is 21.7 Å². The van der Waals surface area contributed by atoms with E-state index in [0.29, 0.717) is 24.9 Å². The summed E-state index contributed by atoms with van der Waals surface area (Å²) in [5, 5.41) is 9.04. The number of hydrogen-bond acceptors (Lipinski definition) is 4. The van der Waals surface area contributed by atoms with E-state index >= 15 is 0 Å². The standard InChI is InChI=1S/C14H23N5O/c15-13-7-6-12(10-18-13)16-8-9-17-14(20)19-11-4-2-1-3-5-11/h6-7,10-11,16H,1-5,8-9H2,(H2,15,18)(H2,17,19,20). The molecule has 1 saturated carbocycles. The van der Waals surface area contributed by atoms with Gasteiger partial charge in [-0.2, -0.15) is 0 Å². The lowest BCUT2D eigenvalue weighted by Gasteiger charge is -2.22. The molecule has 0 spiro atoms. The molecule has 0 bridgehead atoms. The fourth-order valence-corrected chi connectivity index (χ4v) is 2.38. The molecule has 110 valence electrons. The summed E-state index contributed by atoms with van der Waals surface area (Å²) in [4.78, 5) is 15.7. The molecule has 0 saturated heterocycles. The number of nitrogens with one attached hydrogen (secondary N) is 3. The number of carbonyl (C=O) groups excluding carboxylic acids is 1. The Bertz CT molecular complexity index is 414.